The van der Waals surface area contributed by atoms with Crippen molar-refractivity contribution in [2.24, 2.45) is 0 Å². The summed E-state index contributed by atoms with van der Waals surface area (Å²) in [6.07, 6.45) is 2.83. The normalized spacial score (nSPS) is 16.2. The van der Waals surface area contributed by atoms with Gasteiger partial charge in [-0.05, 0) is 55.2 Å². The number of hydrogen-bond donors (Lipinski definition) is 1. The van der Waals surface area contributed by atoms with Crippen LogP contribution in [-0.2, 0) is 11.2 Å². The van der Waals surface area contributed by atoms with Crippen LogP contribution in [0.3, 0.4) is 0 Å². The van der Waals surface area contributed by atoms with Crippen LogP contribution >= 0.6 is 12.4 Å². The second kappa shape index (κ2) is 9.71. The molecule has 0 radical (unpaired) electrons. The van der Waals surface area contributed by atoms with Crippen molar-refractivity contribution in [3.05, 3.63) is 65.8 Å². The standard InChI is InChI=1S/C22H23FN4O2.ClH/c23-18-10-7-16(8-11-18)21-25-22(29-26-21)17-5-3-13-27(14-17)20(28)12-9-15-4-1-2-6-19(15)24;/h1-2,4,6-8,10-11,17H,3,5,9,12-14,24H2;1H. The van der Waals surface area contributed by atoms with Crippen LogP contribution in [0.2, 0.25) is 0 Å². The molecule has 0 saturated carbocycles. The number of halogens is 2. The summed E-state index contributed by atoms with van der Waals surface area (Å²) in [5.41, 5.74) is 8.38. The number of nitrogens with zero attached hydrogens (tertiary/aromatic N) is 3. The highest BCUT2D eigenvalue weighted by atomic mass is 35.5. The summed E-state index contributed by atoms with van der Waals surface area (Å²) in [5.74, 6) is 0.765. The predicted molar refractivity (Wildman–Crippen MR) is 115 cm³/mol. The number of benzene rings is 2. The highest BCUT2D eigenvalue weighted by Crippen LogP contribution is 2.28. The summed E-state index contributed by atoms with van der Waals surface area (Å²) in [4.78, 5) is 19.0. The van der Waals surface area contributed by atoms with Crippen LogP contribution in [0, 0.1) is 5.82 Å². The second-order valence-corrected chi connectivity index (χ2v) is 7.34. The molecule has 1 unspecified atom stereocenters. The molecular weight excluding hydrogens is 407 g/mol. The minimum Gasteiger partial charge on any atom is -0.399 e. The van der Waals surface area contributed by atoms with Crippen molar-refractivity contribution in [2.75, 3.05) is 18.8 Å². The third kappa shape index (κ3) is 4.97. The summed E-state index contributed by atoms with van der Waals surface area (Å²) < 4.78 is 18.6. The number of piperidine rings is 1. The zero-order valence-corrected chi connectivity index (χ0v) is 17.3. The summed E-state index contributed by atoms with van der Waals surface area (Å²) in [7, 11) is 0. The van der Waals surface area contributed by atoms with E-state index >= 15 is 0 Å². The summed E-state index contributed by atoms with van der Waals surface area (Å²) in [5, 5.41) is 4.02. The smallest absolute Gasteiger partial charge is 0.231 e. The molecule has 2 N–H and O–H groups in total. The molecule has 1 aliphatic rings. The number of anilines is 1. The Bertz CT molecular complexity index is 993. The van der Waals surface area contributed by atoms with E-state index in [2.05, 4.69) is 10.1 Å². The lowest BCUT2D eigenvalue weighted by molar-refractivity contribution is -0.132. The van der Waals surface area contributed by atoms with Crippen LogP contribution < -0.4 is 5.73 Å². The molecular formula is C22H24ClFN4O2. The van der Waals surface area contributed by atoms with E-state index in [0.717, 1.165) is 30.6 Å². The maximum absolute atomic E-state index is 13.1. The van der Waals surface area contributed by atoms with Crippen molar-refractivity contribution in [3.63, 3.8) is 0 Å². The van der Waals surface area contributed by atoms with E-state index in [-0.39, 0.29) is 30.0 Å². The highest BCUT2D eigenvalue weighted by molar-refractivity contribution is 5.85. The Hall–Kier alpha value is -2.93. The monoisotopic (exact) mass is 430 g/mol. The van der Waals surface area contributed by atoms with Gasteiger partial charge in [0.05, 0.1) is 5.92 Å². The Morgan fingerprint density at radius 3 is 2.73 bits per heavy atom. The molecule has 0 aliphatic carbocycles. The van der Waals surface area contributed by atoms with E-state index in [1.807, 2.05) is 29.2 Å². The Kier molecular flexibility index (Phi) is 7.05. The second-order valence-electron chi connectivity index (χ2n) is 7.34. The first kappa shape index (κ1) is 21.8. The van der Waals surface area contributed by atoms with Crippen molar-refractivity contribution in [1.82, 2.24) is 15.0 Å². The van der Waals surface area contributed by atoms with Crippen LogP contribution in [0.5, 0.6) is 0 Å². The molecule has 3 aromatic rings. The molecule has 6 nitrogen and oxygen atoms in total. The Balaban J connectivity index is 0.00000256. The van der Waals surface area contributed by atoms with Gasteiger partial charge in [0.1, 0.15) is 5.82 Å². The highest BCUT2D eigenvalue weighted by Gasteiger charge is 2.28. The Morgan fingerprint density at radius 1 is 1.20 bits per heavy atom. The van der Waals surface area contributed by atoms with Crippen molar-refractivity contribution in [2.45, 2.75) is 31.6 Å². The minimum absolute atomic E-state index is 0. The van der Waals surface area contributed by atoms with Crippen LogP contribution in [0.1, 0.15) is 36.6 Å². The molecule has 30 heavy (non-hydrogen) atoms. The first-order valence-corrected chi connectivity index (χ1v) is 9.81. The SMILES string of the molecule is Cl.Nc1ccccc1CCC(=O)N1CCCC(c2nc(-c3ccc(F)cc3)no2)C1. The van der Waals surface area contributed by atoms with E-state index < -0.39 is 0 Å². The van der Waals surface area contributed by atoms with Gasteiger partial charge >= 0.3 is 0 Å². The van der Waals surface area contributed by atoms with Crippen molar-refractivity contribution in [1.29, 1.82) is 0 Å². The summed E-state index contributed by atoms with van der Waals surface area (Å²) >= 11 is 0. The molecule has 1 atom stereocenters. The lowest BCUT2D eigenvalue weighted by Crippen LogP contribution is -2.39. The first-order valence-electron chi connectivity index (χ1n) is 9.81. The largest absolute Gasteiger partial charge is 0.399 e. The van der Waals surface area contributed by atoms with Gasteiger partial charge < -0.3 is 15.2 Å². The molecule has 1 aromatic heterocycles. The van der Waals surface area contributed by atoms with Crippen LogP contribution in [0.25, 0.3) is 11.4 Å². The molecule has 2 aromatic carbocycles. The van der Waals surface area contributed by atoms with E-state index in [4.69, 9.17) is 10.3 Å². The average Bonchev–Trinajstić information content (AvgIpc) is 3.24. The van der Waals surface area contributed by atoms with Crippen LogP contribution in [0.15, 0.2) is 53.1 Å². The number of para-hydroxylation sites is 1. The number of aryl methyl sites for hydroxylation is 1. The fourth-order valence-corrected chi connectivity index (χ4v) is 3.68. The number of hydrogen-bond acceptors (Lipinski definition) is 5. The van der Waals surface area contributed by atoms with Crippen molar-refractivity contribution < 1.29 is 13.7 Å². The van der Waals surface area contributed by atoms with Gasteiger partial charge in [-0.1, -0.05) is 23.4 Å². The molecule has 1 aliphatic heterocycles. The van der Waals surface area contributed by atoms with E-state index in [0.29, 0.717) is 36.7 Å². The fraction of sp³-hybridized carbons (Fsp3) is 0.318. The van der Waals surface area contributed by atoms with Crippen LogP contribution in [0.4, 0.5) is 10.1 Å². The average molecular weight is 431 g/mol. The van der Waals surface area contributed by atoms with Gasteiger partial charge in [-0.15, -0.1) is 12.4 Å². The summed E-state index contributed by atoms with van der Waals surface area (Å²) in [6.45, 7) is 1.30. The van der Waals surface area contributed by atoms with Gasteiger partial charge in [-0.3, -0.25) is 4.79 Å². The maximum atomic E-state index is 13.1. The lowest BCUT2D eigenvalue weighted by atomic mass is 9.97. The molecule has 0 spiro atoms. The summed E-state index contributed by atoms with van der Waals surface area (Å²) in [6, 6.07) is 13.6. The van der Waals surface area contributed by atoms with Gasteiger partial charge in [0, 0.05) is 30.8 Å². The number of nitrogen functional groups attached to an aromatic ring is 1. The zero-order valence-electron chi connectivity index (χ0n) is 16.5. The minimum atomic E-state index is -0.309. The van der Waals surface area contributed by atoms with E-state index in [9.17, 15) is 9.18 Å². The van der Waals surface area contributed by atoms with Crippen LogP contribution in [-0.4, -0.2) is 34.0 Å². The molecule has 0 bridgehead atoms. The topological polar surface area (TPSA) is 85.3 Å². The zero-order chi connectivity index (χ0) is 20.2. The lowest BCUT2D eigenvalue weighted by Gasteiger charge is -2.31. The third-order valence-corrected chi connectivity index (χ3v) is 5.33. The Labute approximate surface area is 180 Å². The number of carbonyl (C=O) groups is 1. The molecule has 8 heteroatoms. The van der Waals surface area contributed by atoms with Gasteiger partial charge in [-0.25, -0.2) is 4.39 Å². The number of rotatable bonds is 5. The Morgan fingerprint density at radius 2 is 1.97 bits per heavy atom. The quantitative estimate of drug-likeness (QED) is 0.612. The number of likely N-dealkylation sites (tertiary alicyclic amines) is 1. The number of amides is 1. The molecule has 1 amide bonds. The van der Waals surface area contributed by atoms with Gasteiger partial charge in [-0.2, -0.15) is 4.98 Å². The van der Waals surface area contributed by atoms with Gasteiger partial charge in [0.2, 0.25) is 17.6 Å². The van der Waals surface area contributed by atoms with Gasteiger partial charge in [0.25, 0.3) is 0 Å². The molecule has 1 fully saturated rings. The van der Waals surface area contributed by atoms with Gasteiger partial charge in [0.15, 0.2) is 0 Å². The molecule has 2 heterocycles. The fourth-order valence-electron chi connectivity index (χ4n) is 3.68. The van der Waals surface area contributed by atoms with Crippen molar-refractivity contribution in [3.8, 4) is 11.4 Å². The van der Waals surface area contributed by atoms with E-state index in [1.54, 1.807) is 12.1 Å². The maximum Gasteiger partial charge on any atom is 0.231 e. The molecule has 1 saturated heterocycles. The van der Waals surface area contributed by atoms with E-state index in [1.165, 1.54) is 12.1 Å². The predicted octanol–water partition coefficient (Wildman–Crippen LogP) is 4.22. The third-order valence-electron chi connectivity index (χ3n) is 5.33. The molecule has 158 valence electrons. The number of nitrogens with two attached hydrogens (primary N) is 1. The first-order chi connectivity index (χ1) is 14.1. The number of aromatic nitrogens is 2. The molecule has 4 rings (SSSR count). The van der Waals surface area contributed by atoms with Crippen molar-refractivity contribution >= 4 is 24.0 Å². The number of carbonyl (C=O) groups excluding carboxylic acids is 1.